The standard InChI is InChI=1S/C17H22BrN5O/c1-12-11-15(16(24)19-9-4-10-23(2)3)22-17(20-12)21-14-7-5-13(18)6-8-14/h5-8,11H,4,9-10H2,1-3H3,(H,19,24)(H,20,21,22). The molecule has 6 nitrogen and oxygen atoms in total. The van der Waals surface area contributed by atoms with E-state index in [1.807, 2.05) is 45.3 Å². The van der Waals surface area contributed by atoms with Crippen LogP contribution in [0.15, 0.2) is 34.8 Å². The molecule has 0 spiro atoms. The van der Waals surface area contributed by atoms with Crippen molar-refractivity contribution in [1.82, 2.24) is 20.2 Å². The average molecular weight is 392 g/mol. The van der Waals surface area contributed by atoms with E-state index >= 15 is 0 Å². The summed E-state index contributed by atoms with van der Waals surface area (Å²) in [5.74, 6) is 0.230. The van der Waals surface area contributed by atoms with Gasteiger partial charge in [-0.1, -0.05) is 15.9 Å². The van der Waals surface area contributed by atoms with Crippen LogP contribution in [0, 0.1) is 6.92 Å². The summed E-state index contributed by atoms with van der Waals surface area (Å²) >= 11 is 3.40. The van der Waals surface area contributed by atoms with Crippen LogP contribution in [0.25, 0.3) is 0 Å². The van der Waals surface area contributed by atoms with Crippen molar-refractivity contribution in [3.8, 4) is 0 Å². The highest BCUT2D eigenvalue weighted by molar-refractivity contribution is 9.10. The van der Waals surface area contributed by atoms with Gasteiger partial charge in [-0.05, 0) is 64.3 Å². The predicted molar refractivity (Wildman–Crippen MR) is 99.7 cm³/mol. The Hall–Kier alpha value is -1.99. The Labute approximate surface area is 150 Å². The summed E-state index contributed by atoms with van der Waals surface area (Å²) in [5.41, 5.74) is 1.97. The van der Waals surface area contributed by atoms with Gasteiger partial charge in [0, 0.05) is 22.4 Å². The maximum absolute atomic E-state index is 12.2. The SMILES string of the molecule is Cc1cc(C(=O)NCCCN(C)C)nc(Nc2ccc(Br)cc2)n1. The maximum atomic E-state index is 12.2. The van der Waals surface area contributed by atoms with E-state index in [2.05, 4.69) is 41.4 Å². The molecule has 0 saturated carbocycles. The van der Waals surface area contributed by atoms with Crippen molar-refractivity contribution in [2.24, 2.45) is 0 Å². The Bertz CT molecular complexity index is 688. The molecular weight excluding hydrogens is 370 g/mol. The molecule has 1 aromatic carbocycles. The van der Waals surface area contributed by atoms with Crippen LogP contribution in [0.4, 0.5) is 11.6 Å². The van der Waals surface area contributed by atoms with E-state index in [9.17, 15) is 4.79 Å². The molecule has 0 aliphatic rings. The number of hydrogen-bond donors (Lipinski definition) is 2. The Balaban J connectivity index is 2.02. The van der Waals surface area contributed by atoms with Gasteiger partial charge in [0.25, 0.3) is 5.91 Å². The zero-order chi connectivity index (χ0) is 17.5. The smallest absolute Gasteiger partial charge is 0.270 e. The quantitative estimate of drug-likeness (QED) is 0.709. The topological polar surface area (TPSA) is 70.2 Å². The van der Waals surface area contributed by atoms with Crippen molar-refractivity contribution < 1.29 is 4.79 Å². The van der Waals surface area contributed by atoms with Gasteiger partial charge in [-0.2, -0.15) is 0 Å². The van der Waals surface area contributed by atoms with Crippen molar-refractivity contribution >= 4 is 33.5 Å². The van der Waals surface area contributed by atoms with Crippen LogP contribution in [-0.2, 0) is 0 Å². The highest BCUT2D eigenvalue weighted by Gasteiger charge is 2.10. The van der Waals surface area contributed by atoms with Crippen LogP contribution in [0.1, 0.15) is 22.6 Å². The van der Waals surface area contributed by atoms with E-state index in [1.165, 1.54) is 0 Å². The fourth-order valence-electron chi connectivity index (χ4n) is 2.09. The number of amides is 1. The number of rotatable bonds is 7. The molecule has 0 radical (unpaired) electrons. The van der Waals surface area contributed by atoms with Crippen molar-refractivity contribution in [1.29, 1.82) is 0 Å². The summed E-state index contributed by atoms with van der Waals surface area (Å²) in [6, 6.07) is 9.37. The number of aryl methyl sites for hydroxylation is 1. The number of nitrogens with zero attached hydrogens (tertiary/aromatic N) is 3. The second kappa shape index (κ2) is 8.75. The molecule has 1 amide bonds. The Morgan fingerprint density at radius 1 is 1.21 bits per heavy atom. The summed E-state index contributed by atoms with van der Waals surface area (Å²) in [4.78, 5) is 23.0. The Kier molecular flexibility index (Phi) is 6.69. The molecule has 2 N–H and O–H groups in total. The molecule has 0 aliphatic heterocycles. The molecule has 24 heavy (non-hydrogen) atoms. The minimum absolute atomic E-state index is 0.182. The lowest BCUT2D eigenvalue weighted by Gasteiger charge is -2.11. The molecule has 0 fully saturated rings. The zero-order valence-electron chi connectivity index (χ0n) is 14.1. The van der Waals surface area contributed by atoms with Crippen molar-refractivity contribution in [2.45, 2.75) is 13.3 Å². The van der Waals surface area contributed by atoms with E-state index in [1.54, 1.807) is 6.07 Å². The molecule has 1 heterocycles. The normalized spacial score (nSPS) is 10.7. The van der Waals surface area contributed by atoms with Crippen molar-refractivity contribution in [2.75, 3.05) is 32.5 Å². The lowest BCUT2D eigenvalue weighted by Crippen LogP contribution is -2.28. The fourth-order valence-corrected chi connectivity index (χ4v) is 2.36. The number of carbonyl (C=O) groups excluding carboxylic acids is 1. The van der Waals surface area contributed by atoms with Crippen molar-refractivity contribution in [3.05, 3.63) is 46.2 Å². The van der Waals surface area contributed by atoms with Crippen LogP contribution in [0.5, 0.6) is 0 Å². The Morgan fingerprint density at radius 2 is 1.92 bits per heavy atom. The summed E-state index contributed by atoms with van der Waals surface area (Å²) in [6.07, 6.45) is 0.896. The second-order valence-corrected chi connectivity index (χ2v) is 6.68. The monoisotopic (exact) mass is 391 g/mol. The van der Waals surface area contributed by atoms with Crippen LogP contribution < -0.4 is 10.6 Å². The summed E-state index contributed by atoms with van der Waals surface area (Å²) in [7, 11) is 4.02. The Morgan fingerprint density at radius 3 is 2.58 bits per heavy atom. The lowest BCUT2D eigenvalue weighted by molar-refractivity contribution is 0.0947. The van der Waals surface area contributed by atoms with Crippen LogP contribution in [0.3, 0.4) is 0 Å². The highest BCUT2D eigenvalue weighted by atomic mass is 79.9. The number of hydrogen-bond acceptors (Lipinski definition) is 5. The number of carbonyl (C=O) groups is 1. The van der Waals surface area contributed by atoms with Gasteiger partial charge in [-0.15, -0.1) is 0 Å². The number of aromatic nitrogens is 2. The summed E-state index contributed by atoms with van der Waals surface area (Å²) < 4.78 is 0.996. The van der Waals surface area contributed by atoms with E-state index in [0.29, 0.717) is 18.2 Å². The van der Waals surface area contributed by atoms with Gasteiger partial charge >= 0.3 is 0 Å². The first-order valence-electron chi connectivity index (χ1n) is 7.75. The number of benzene rings is 1. The lowest BCUT2D eigenvalue weighted by atomic mass is 10.3. The van der Waals surface area contributed by atoms with Gasteiger partial charge in [-0.3, -0.25) is 4.79 Å². The molecule has 0 bridgehead atoms. The van der Waals surface area contributed by atoms with Crippen LogP contribution >= 0.6 is 15.9 Å². The molecule has 0 saturated heterocycles. The maximum Gasteiger partial charge on any atom is 0.270 e. The minimum atomic E-state index is -0.182. The molecule has 0 atom stereocenters. The van der Waals surface area contributed by atoms with Gasteiger partial charge in [0.15, 0.2) is 0 Å². The molecular formula is C17H22BrN5O. The van der Waals surface area contributed by atoms with Crippen molar-refractivity contribution in [3.63, 3.8) is 0 Å². The molecule has 2 aromatic rings. The molecule has 0 unspecified atom stereocenters. The molecule has 7 heteroatoms. The zero-order valence-corrected chi connectivity index (χ0v) is 15.7. The van der Waals surface area contributed by atoms with E-state index in [-0.39, 0.29) is 5.91 Å². The molecule has 1 aromatic heterocycles. The third kappa shape index (κ3) is 5.90. The fraction of sp³-hybridized carbons (Fsp3) is 0.353. The summed E-state index contributed by atoms with van der Waals surface area (Å²) in [5, 5.41) is 6.01. The molecule has 128 valence electrons. The summed E-state index contributed by atoms with van der Waals surface area (Å²) in [6.45, 7) is 3.40. The van der Waals surface area contributed by atoms with Crippen LogP contribution in [-0.4, -0.2) is 48.0 Å². The number of anilines is 2. The first kappa shape index (κ1) is 18.4. The van der Waals surface area contributed by atoms with Crippen LogP contribution in [0.2, 0.25) is 0 Å². The van der Waals surface area contributed by atoms with Gasteiger partial charge < -0.3 is 15.5 Å². The van der Waals surface area contributed by atoms with Gasteiger partial charge in [0.1, 0.15) is 5.69 Å². The third-order valence-corrected chi connectivity index (χ3v) is 3.78. The average Bonchev–Trinajstić information content (AvgIpc) is 2.53. The first-order chi connectivity index (χ1) is 11.4. The number of nitrogens with one attached hydrogen (secondary N) is 2. The van der Waals surface area contributed by atoms with E-state index in [0.717, 1.165) is 28.8 Å². The number of halogens is 1. The predicted octanol–water partition coefficient (Wildman–Crippen LogP) is 2.97. The van der Waals surface area contributed by atoms with Gasteiger partial charge in [0.05, 0.1) is 0 Å². The minimum Gasteiger partial charge on any atom is -0.351 e. The first-order valence-corrected chi connectivity index (χ1v) is 8.54. The second-order valence-electron chi connectivity index (χ2n) is 5.76. The highest BCUT2D eigenvalue weighted by Crippen LogP contribution is 2.17. The van der Waals surface area contributed by atoms with Gasteiger partial charge in [0.2, 0.25) is 5.95 Å². The molecule has 2 rings (SSSR count). The van der Waals surface area contributed by atoms with E-state index in [4.69, 9.17) is 0 Å². The molecule has 0 aliphatic carbocycles. The largest absolute Gasteiger partial charge is 0.351 e. The third-order valence-electron chi connectivity index (χ3n) is 3.25. The van der Waals surface area contributed by atoms with Gasteiger partial charge in [-0.25, -0.2) is 9.97 Å². The van der Waals surface area contributed by atoms with E-state index < -0.39 is 0 Å².